The maximum Gasteiger partial charge on any atom is 0.214 e. The third kappa shape index (κ3) is 3.76. The average Bonchev–Trinajstić information content (AvgIpc) is 2.51. The fraction of sp³-hybridized carbons (Fsp3) is 1.00. The minimum absolute atomic E-state index is 0.307. The molecule has 1 saturated heterocycles. The van der Waals surface area contributed by atoms with Crippen LogP contribution in [-0.2, 0) is 10.0 Å². The van der Waals surface area contributed by atoms with Crippen LogP contribution in [-0.4, -0.2) is 31.6 Å². The zero-order valence-corrected chi connectivity index (χ0v) is 10.9. The van der Waals surface area contributed by atoms with Crippen LogP contribution in [0.1, 0.15) is 40.0 Å². The fourth-order valence-corrected chi connectivity index (χ4v) is 3.89. The van der Waals surface area contributed by atoms with Gasteiger partial charge in [-0.2, -0.15) is 0 Å². The summed E-state index contributed by atoms with van der Waals surface area (Å²) >= 11 is 0. The summed E-state index contributed by atoms with van der Waals surface area (Å²) in [6.45, 7) is 7.80. The van der Waals surface area contributed by atoms with E-state index >= 15 is 0 Å². The van der Waals surface area contributed by atoms with E-state index < -0.39 is 10.0 Å². The first-order chi connectivity index (χ1) is 6.95. The Hall–Kier alpha value is -0.0900. The highest BCUT2D eigenvalue weighted by molar-refractivity contribution is 7.89. The molecule has 1 unspecified atom stereocenters. The predicted molar refractivity (Wildman–Crippen MR) is 63.2 cm³/mol. The van der Waals surface area contributed by atoms with Gasteiger partial charge in [0.05, 0.1) is 5.75 Å². The smallest absolute Gasteiger partial charge is 0.212 e. The molecule has 15 heavy (non-hydrogen) atoms. The molecule has 0 spiro atoms. The van der Waals surface area contributed by atoms with Crippen LogP contribution in [0.3, 0.4) is 0 Å². The third-order valence-corrected chi connectivity index (χ3v) is 4.95. The first-order valence-corrected chi connectivity index (χ1v) is 7.54. The molecule has 0 aromatic carbocycles. The molecule has 1 heterocycles. The van der Waals surface area contributed by atoms with Crippen molar-refractivity contribution in [1.29, 1.82) is 0 Å². The molecule has 0 aliphatic carbocycles. The lowest BCUT2D eigenvalue weighted by Gasteiger charge is -2.16. The molecule has 1 aliphatic heterocycles. The quantitative estimate of drug-likeness (QED) is 0.729. The Labute approximate surface area is 93.9 Å². The van der Waals surface area contributed by atoms with Gasteiger partial charge in [0, 0.05) is 13.1 Å². The summed E-state index contributed by atoms with van der Waals surface area (Å²) in [5.74, 6) is 1.56. The summed E-state index contributed by atoms with van der Waals surface area (Å²) in [4.78, 5) is 0. The standard InChI is InChI=1S/C11H23NO2S/c1-4-7-15(13,14)12-6-5-11(9-12)8-10(2)3/h10-11H,4-9H2,1-3H3. The Morgan fingerprint density at radius 2 is 2.07 bits per heavy atom. The first kappa shape index (κ1) is 13.0. The second-order valence-corrected chi connectivity index (χ2v) is 7.05. The molecule has 0 aromatic rings. The summed E-state index contributed by atoms with van der Waals surface area (Å²) in [5.41, 5.74) is 0. The van der Waals surface area contributed by atoms with E-state index in [4.69, 9.17) is 0 Å². The van der Waals surface area contributed by atoms with Crippen molar-refractivity contribution in [3.8, 4) is 0 Å². The Balaban J connectivity index is 2.49. The number of nitrogens with zero attached hydrogens (tertiary/aromatic N) is 1. The van der Waals surface area contributed by atoms with Gasteiger partial charge < -0.3 is 0 Å². The highest BCUT2D eigenvalue weighted by atomic mass is 32.2. The van der Waals surface area contributed by atoms with Crippen LogP contribution in [0.4, 0.5) is 0 Å². The van der Waals surface area contributed by atoms with Crippen molar-refractivity contribution in [2.75, 3.05) is 18.8 Å². The zero-order chi connectivity index (χ0) is 11.5. The Morgan fingerprint density at radius 3 is 2.60 bits per heavy atom. The van der Waals surface area contributed by atoms with Crippen LogP contribution in [0.5, 0.6) is 0 Å². The maximum absolute atomic E-state index is 11.8. The van der Waals surface area contributed by atoms with Gasteiger partial charge in [0.1, 0.15) is 0 Å². The number of hydrogen-bond donors (Lipinski definition) is 0. The van der Waals surface area contributed by atoms with Crippen molar-refractivity contribution in [2.24, 2.45) is 11.8 Å². The van der Waals surface area contributed by atoms with Crippen molar-refractivity contribution in [1.82, 2.24) is 4.31 Å². The molecular weight excluding hydrogens is 210 g/mol. The van der Waals surface area contributed by atoms with Crippen LogP contribution >= 0.6 is 0 Å². The SMILES string of the molecule is CCCS(=O)(=O)N1CCC(CC(C)C)C1. The Kier molecular flexibility index (Phi) is 4.59. The highest BCUT2D eigenvalue weighted by Gasteiger charge is 2.30. The molecule has 0 bridgehead atoms. The number of hydrogen-bond acceptors (Lipinski definition) is 2. The summed E-state index contributed by atoms with van der Waals surface area (Å²) in [7, 11) is -2.95. The maximum atomic E-state index is 11.8. The molecule has 3 nitrogen and oxygen atoms in total. The summed E-state index contributed by atoms with van der Waals surface area (Å²) in [6, 6.07) is 0. The lowest BCUT2D eigenvalue weighted by molar-refractivity contribution is 0.407. The van der Waals surface area contributed by atoms with Gasteiger partial charge in [-0.25, -0.2) is 12.7 Å². The van der Waals surface area contributed by atoms with Crippen LogP contribution in [0, 0.1) is 11.8 Å². The van der Waals surface area contributed by atoms with Gasteiger partial charge in [0.25, 0.3) is 0 Å². The van der Waals surface area contributed by atoms with Crippen LogP contribution in [0.25, 0.3) is 0 Å². The van der Waals surface area contributed by atoms with Crippen molar-refractivity contribution in [3.63, 3.8) is 0 Å². The van der Waals surface area contributed by atoms with Crippen LogP contribution < -0.4 is 0 Å². The highest BCUT2D eigenvalue weighted by Crippen LogP contribution is 2.25. The first-order valence-electron chi connectivity index (χ1n) is 5.93. The molecule has 0 saturated carbocycles. The monoisotopic (exact) mass is 233 g/mol. The van der Waals surface area contributed by atoms with E-state index in [-0.39, 0.29) is 0 Å². The van der Waals surface area contributed by atoms with Gasteiger partial charge in [0.15, 0.2) is 0 Å². The second-order valence-electron chi connectivity index (χ2n) is 4.96. The van der Waals surface area contributed by atoms with Gasteiger partial charge in [-0.3, -0.25) is 0 Å². The van der Waals surface area contributed by atoms with E-state index in [1.807, 2.05) is 6.92 Å². The molecule has 90 valence electrons. The van der Waals surface area contributed by atoms with E-state index in [0.717, 1.165) is 25.9 Å². The summed E-state index contributed by atoms with van der Waals surface area (Å²) < 4.78 is 25.3. The number of sulfonamides is 1. The lowest BCUT2D eigenvalue weighted by Crippen LogP contribution is -2.31. The van der Waals surface area contributed by atoms with Gasteiger partial charge in [-0.1, -0.05) is 20.8 Å². The molecule has 0 radical (unpaired) electrons. The molecule has 4 heteroatoms. The minimum atomic E-state index is -2.95. The molecule has 0 amide bonds. The van der Waals surface area contributed by atoms with E-state index in [0.29, 0.717) is 24.0 Å². The van der Waals surface area contributed by atoms with Gasteiger partial charge in [-0.15, -0.1) is 0 Å². The van der Waals surface area contributed by atoms with E-state index in [1.54, 1.807) is 4.31 Å². The molecule has 1 fully saturated rings. The lowest BCUT2D eigenvalue weighted by atomic mass is 9.97. The van der Waals surface area contributed by atoms with Gasteiger partial charge in [0.2, 0.25) is 10.0 Å². The Morgan fingerprint density at radius 1 is 1.40 bits per heavy atom. The molecule has 0 aromatic heterocycles. The second kappa shape index (κ2) is 5.30. The fourth-order valence-electron chi connectivity index (χ4n) is 2.30. The molecule has 1 aliphatic rings. The van der Waals surface area contributed by atoms with Gasteiger partial charge >= 0.3 is 0 Å². The van der Waals surface area contributed by atoms with E-state index in [9.17, 15) is 8.42 Å². The van der Waals surface area contributed by atoms with Crippen molar-refractivity contribution < 1.29 is 8.42 Å². The molecule has 0 N–H and O–H groups in total. The summed E-state index contributed by atoms with van der Waals surface area (Å²) in [5, 5.41) is 0. The van der Waals surface area contributed by atoms with Crippen molar-refractivity contribution in [2.45, 2.75) is 40.0 Å². The van der Waals surface area contributed by atoms with E-state index in [2.05, 4.69) is 13.8 Å². The van der Waals surface area contributed by atoms with Gasteiger partial charge in [-0.05, 0) is 31.1 Å². The van der Waals surface area contributed by atoms with Crippen molar-refractivity contribution in [3.05, 3.63) is 0 Å². The predicted octanol–water partition coefficient (Wildman–Crippen LogP) is 2.09. The van der Waals surface area contributed by atoms with Crippen LogP contribution in [0.15, 0.2) is 0 Å². The van der Waals surface area contributed by atoms with E-state index in [1.165, 1.54) is 0 Å². The molecular formula is C11H23NO2S. The topological polar surface area (TPSA) is 37.4 Å². The zero-order valence-electron chi connectivity index (χ0n) is 10.1. The normalized spacial score (nSPS) is 23.9. The molecule has 1 rings (SSSR count). The largest absolute Gasteiger partial charge is 0.214 e. The summed E-state index contributed by atoms with van der Waals surface area (Å²) in [6.07, 6.45) is 2.91. The molecule has 1 atom stereocenters. The third-order valence-electron chi connectivity index (χ3n) is 2.91. The van der Waals surface area contributed by atoms with Crippen LogP contribution in [0.2, 0.25) is 0 Å². The average molecular weight is 233 g/mol. The Bertz CT molecular complexity index is 285. The minimum Gasteiger partial charge on any atom is -0.212 e. The van der Waals surface area contributed by atoms with Crippen molar-refractivity contribution >= 4 is 10.0 Å². The number of rotatable bonds is 5.